The van der Waals surface area contributed by atoms with Crippen LogP contribution in [0, 0.1) is 17.5 Å². The predicted octanol–water partition coefficient (Wildman–Crippen LogP) is 3.62. The van der Waals surface area contributed by atoms with Gasteiger partial charge in [-0.15, -0.1) is 0 Å². The quantitative estimate of drug-likeness (QED) is 0.823. The Morgan fingerprint density at radius 2 is 1.83 bits per heavy atom. The summed E-state index contributed by atoms with van der Waals surface area (Å²) in [6.07, 6.45) is 3.96. The Morgan fingerprint density at radius 1 is 1.13 bits per heavy atom. The molecular weight excluding hydrogens is 305 g/mol. The van der Waals surface area contributed by atoms with Gasteiger partial charge in [-0.1, -0.05) is 0 Å². The third-order valence-corrected chi connectivity index (χ3v) is 4.16. The molecule has 1 N–H and O–H groups in total. The largest absolute Gasteiger partial charge is 0.468 e. The van der Waals surface area contributed by atoms with Crippen LogP contribution in [0.1, 0.15) is 30.2 Å². The molecule has 1 aromatic carbocycles. The molecule has 1 aromatic heterocycles. The number of rotatable bonds is 6. The van der Waals surface area contributed by atoms with E-state index in [0.29, 0.717) is 12.1 Å². The Kier molecular flexibility index (Phi) is 5.03. The number of benzene rings is 1. The van der Waals surface area contributed by atoms with Crippen LogP contribution < -0.4 is 5.32 Å². The van der Waals surface area contributed by atoms with E-state index in [2.05, 4.69) is 10.2 Å². The highest BCUT2D eigenvalue weighted by Gasteiger charge is 2.25. The van der Waals surface area contributed by atoms with Crippen molar-refractivity contribution < 1.29 is 17.6 Å². The predicted molar refractivity (Wildman–Crippen MR) is 80.3 cm³/mol. The number of likely N-dealkylation sites (tertiary alicyclic amines) is 1. The van der Waals surface area contributed by atoms with Crippen LogP contribution in [0.4, 0.5) is 13.2 Å². The summed E-state index contributed by atoms with van der Waals surface area (Å²) >= 11 is 0. The van der Waals surface area contributed by atoms with E-state index < -0.39 is 17.5 Å². The van der Waals surface area contributed by atoms with Crippen LogP contribution in [0.2, 0.25) is 0 Å². The number of nitrogens with zero attached hydrogens (tertiary/aromatic N) is 1. The van der Waals surface area contributed by atoms with E-state index in [0.717, 1.165) is 43.8 Å². The summed E-state index contributed by atoms with van der Waals surface area (Å²) in [7, 11) is 0. The molecule has 0 spiro atoms. The lowest BCUT2D eigenvalue weighted by Crippen LogP contribution is -2.33. The standard InChI is InChI=1S/C17H19F3N2O/c18-13-8-12(9-14(19)17(13)20)10-21-11-15(16-4-3-7-23-16)22-5-1-2-6-22/h3-4,7-9,15,21H,1-2,5-6,10-11H2. The normalized spacial score (nSPS) is 16.8. The minimum Gasteiger partial charge on any atom is -0.468 e. The first kappa shape index (κ1) is 16.1. The van der Waals surface area contributed by atoms with Gasteiger partial charge in [0, 0.05) is 13.1 Å². The molecule has 23 heavy (non-hydrogen) atoms. The molecule has 0 aliphatic carbocycles. The van der Waals surface area contributed by atoms with Crippen molar-refractivity contribution in [1.29, 1.82) is 0 Å². The Labute approximate surface area is 133 Å². The summed E-state index contributed by atoms with van der Waals surface area (Å²) in [6.45, 7) is 2.87. The third-order valence-electron chi connectivity index (χ3n) is 4.16. The average molecular weight is 324 g/mol. The van der Waals surface area contributed by atoms with E-state index in [9.17, 15) is 13.2 Å². The monoisotopic (exact) mass is 324 g/mol. The van der Waals surface area contributed by atoms with Crippen molar-refractivity contribution in [3.8, 4) is 0 Å². The van der Waals surface area contributed by atoms with Gasteiger partial charge in [-0.3, -0.25) is 4.90 Å². The maximum atomic E-state index is 13.2. The van der Waals surface area contributed by atoms with Gasteiger partial charge in [-0.2, -0.15) is 0 Å². The van der Waals surface area contributed by atoms with Crippen molar-refractivity contribution in [3.05, 3.63) is 59.3 Å². The molecule has 2 heterocycles. The van der Waals surface area contributed by atoms with Crippen LogP contribution in [-0.4, -0.2) is 24.5 Å². The first-order chi connectivity index (χ1) is 11.1. The molecule has 3 nitrogen and oxygen atoms in total. The fourth-order valence-corrected chi connectivity index (χ4v) is 3.01. The summed E-state index contributed by atoms with van der Waals surface area (Å²) in [5.74, 6) is -2.89. The minimum atomic E-state index is -1.43. The summed E-state index contributed by atoms with van der Waals surface area (Å²) in [5, 5.41) is 3.18. The van der Waals surface area contributed by atoms with Crippen molar-refractivity contribution in [2.75, 3.05) is 19.6 Å². The molecule has 0 bridgehead atoms. The lowest BCUT2D eigenvalue weighted by molar-refractivity contribution is 0.209. The van der Waals surface area contributed by atoms with Crippen molar-refractivity contribution in [2.24, 2.45) is 0 Å². The van der Waals surface area contributed by atoms with Gasteiger partial charge in [0.2, 0.25) is 0 Å². The Bertz CT molecular complexity index is 616. The Hall–Kier alpha value is -1.79. The molecule has 2 aromatic rings. The smallest absolute Gasteiger partial charge is 0.194 e. The molecule has 1 unspecified atom stereocenters. The zero-order chi connectivity index (χ0) is 16.2. The molecular formula is C17H19F3N2O. The zero-order valence-electron chi connectivity index (χ0n) is 12.7. The maximum Gasteiger partial charge on any atom is 0.194 e. The summed E-state index contributed by atoms with van der Waals surface area (Å²) in [4.78, 5) is 2.33. The summed E-state index contributed by atoms with van der Waals surface area (Å²) in [5.41, 5.74) is 0.376. The minimum absolute atomic E-state index is 0.0858. The van der Waals surface area contributed by atoms with Gasteiger partial charge in [0.05, 0.1) is 12.3 Å². The van der Waals surface area contributed by atoms with Gasteiger partial charge < -0.3 is 9.73 Å². The first-order valence-corrected chi connectivity index (χ1v) is 7.77. The topological polar surface area (TPSA) is 28.4 Å². The molecule has 0 saturated carbocycles. The van der Waals surface area contributed by atoms with Crippen LogP contribution in [0.25, 0.3) is 0 Å². The molecule has 124 valence electrons. The molecule has 0 amide bonds. The lowest BCUT2D eigenvalue weighted by Gasteiger charge is -2.26. The fourth-order valence-electron chi connectivity index (χ4n) is 3.01. The summed E-state index contributed by atoms with van der Waals surface area (Å²) < 4.78 is 44.9. The van der Waals surface area contributed by atoms with Crippen molar-refractivity contribution in [1.82, 2.24) is 10.2 Å². The fraction of sp³-hybridized carbons (Fsp3) is 0.412. The number of nitrogens with one attached hydrogen (secondary N) is 1. The van der Waals surface area contributed by atoms with Gasteiger partial charge in [-0.25, -0.2) is 13.2 Å². The average Bonchev–Trinajstić information content (AvgIpc) is 3.22. The second-order valence-corrected chi connectivity index (χ2v) is 5.78. The van der Waals surface area contributed by atoms with Crippen molar-refractivity contribution >= 4 is 0 Å². The molecule has 6 heteroatoms. The van der Waals surface area contributed by atoms with Crippen molar-refractivity contribution in [3.63, 3.8) is 0 Å². The first-order valence-electron chi connectivity index (χ1n) is 7.77. The molecule has 0 radical (unpaired) electrons. The van der Waals surface area contributed by atoms with Gasteiger partial charge >= 0.3 is 0 Å². The van der Waals surface area contributed by atoms with Gasteiger partial charge in [0.15, 0.2) is 17.5 Å². The Morgan fingerprint density at radius 3 is 2.43 bits per heavy atom. The Balaban J connectivity index is 1.63. The molecule has 1 fully saturated rings. The van der Waals surface area contributed by atoms with Gasteiger partial charge in [0.25, 0.3) is 0 Å². The maximum absolute atomic E-state index is 13.2. The van der Waals surface area contributed by atoms with Crippen molar-refractivity contribution in [2.45, 2.75) is 25.4 Å². The van der Waals surface area contributed by atoms with E-state index in [-0.39, 0.29) is 12.6 Å². The highest BCUT2D eigenvalue weighted by molar-refractivity contribution is 5.19. The number of hydrogen-bond acceptors (Lipinski definition) is 3. The third kappa shape index (κ3) is 3.76. The highest BCUT2D eigenvalue weighted by atomic mass is 19.2. The number of hydrogen-bond donors (Lipinski definition) is 1. The van der Waals surface area contributed by atoms with Crippen LogP contribution in [-0.2, 0) is 6.54 Å². The SMILES string of the molecule is Fc1cc(CNCC(c2ccco2)N2CCCC2)cc(F)c1F. The number of furan rings is 1. The molecule has 1 atom stereocenters. The lowest BCUT2D eigenvalue weighted by atomic mass is 10.1. The van der Waals surface area contributed by atoms with Crippen LogP contribution in [0.15, 0.2) is 34.9 Å². The van der Waals surface area contributed by atoms with Crippen LogP contribution >= 0.6 is 0 Å². The molecule has 1 aliphatic rings. The van der Waals surface area contributed by atoms with E-state index in [4.69, 9.17) is 4.42 Å². The zero-order valence-corrected chi connectivity index (χ0v) is 12.7. The van der Waals surface area contributed by atoms with E-state index in [1.165, 1.54) is 0 Å². The van der Waals surface area contributed by atoms with Crippen LogP contribution in [0.5, 0.6) is 0 Å². The van der Waals surface area contributed by atoms with Gasteiger partial charge in [0.1, 0.15) is 5.76 Å². The van der Waals surface area contributed by atoms with Crippen LogP contribution in [0.3, 0.4) is 0 Å². The molecule has 3 rings (SSSR count). The molecule has 1 saturated heterocycles. The second-order valence-electron chi connectivity index (χ2n) is 5.78. The molecule has 1 aliphatic heterocycles. The second kappa shape index (κ2) is 7.19. The van der Waals surface area contributed by atoms with E-state index in [1.54, 1.807) is 6.26 Å². The summed E-state index contributed by atoms with van der Waals surface area (Å²) in [6, 6.07) is 5.90. The van der Waals surface area contributed by atoms with E-state index in [1.807, 2.05) is 12.1 Å². The highest BCUT2D eigenvalue weighted by Crippen LogP contribution is 2.25. The number of halogens is 3. The van der Waals surface area contributed by atoms with Gasteiger partial charge in [-0.05, 0) is 55.8 Å². The van der Waals surface area contributed by atoms with E-state index >= 15 is 0 Å².